The highest BCUT2D eigenvalue weighted by atomic mass is 15.0. The lowest BCUT2D eigenvalue weighted by molar-refractivity contribution is 0.650. The molecule has 0 spiro atoms. The molecule has 3 aromatic rings. The van der Waals surface area contributed by atoms with E-state index in [0.29, 0.717) is 0 Å². The number of unbranched alkanes of at least 4 members (excludes halogenated alkanes) is 1. The molecule has 4 nitrogen and oxygen atoms in total. The second kappa shape index (κ2) is 6.18. The molecule has 0 fully saturated rings. The zero-order chi connectivity index (χ0) is 15.5. The van der Waals surface area contributed by atoms with E-state index < -0.39 is 0 Å². The molecule has 0 saturated carbocycles. The Bertz CT molecular complexity index is 775. The van der Waals surface area contributed by atoms with Crippen LogP contribution in [0.1, 0.15) is 32.4 Å². The fourth-order valence-electron chi connectivity index (χ4n) is 2.75. The number of aromatic nitrogens is 3. The molecule has 3 rings (SSSR count). The summed E-state index contributed by atoms with van der Waals surface area (Å²) >= 11 is 0. The normalized spacial score (nSPS) is 11.0. The number of aryl methyl sites for hydroxylation is 3. The summed E-state index contributed by atoms with van der Waals surface area (Å²) in [7, 11) is 0. The Morgan fingerprint density at radius 1 is 1.14 bits per heavy atom. The van der Waals surface area contributed by atoms with Gasteiger partial charge in [-0.25, -0.2) is 4.98 Å². The minimum atomic E-state index is 0. The average Bonchev–Trinajstić information content (AvgIpc) is 2.93. The molecular formula is C18H24N4. The molecule has 0 radical (unpaired) electrons. The molecule has 0 amide bonds. The van der Waals surface area contributed by atoms with Crippen LogP contribution in [0.2, 0.25) is 0 Å². The number of hydrogen-bond acceptors (Lipinski definition) is 3. The first-order valence-electron chi connectivity index (χ1n) is 7.83. The van der Waals surface area contributed by atoms with Crippen LogP contribution < -0.4 is 5.32 Å². The van der Waals surface area contributed by atoms with Crippen molar-refractivity contribution >= 4 is 22.4 Å². The van der Waals surface area contributed by atoms with E-state index in [4.69, 9.17) is 0 Å². The van der Waals surface area contributed by atoms with Gasteiger partial charge in [-0.1, -0.05) is 13.3 Å². The average molecular weight is 296 g/mol. The zero-order valence-electron chi connectivity index (χ0n) is 13.4. The van der Waals surface area contributed by atoms with Crippen molar-refractivity contribution in [2.45, 2.75) is 40.2 Å². The third-order valence-electron chi connectivity index (χ3n) is 4.04. The van der Waals surface area contributed by atoms with Crippen molar-refractivity contribution in [2.75, 3.05) is 5.32 Å². The number of pyridine rings is 2. The molecule has 0 unspecified atom stereocenters. The minimum absolute atomic E-state index is 0. The lowest BCUT2D eigenvalue weighted by atomic mass is 10.2. The summed E-state index contributed by atoms with van der Waals surface area (Å²) in [6.07, 6.45) is 8.25. The van der Waals surface area contributed by atoms with Crippen LogP contribution in [0.4, 0.5) is 11.5 Å². The highest BCUT2D eigenvalue weighted by molar-refractivity contribution is 5.92. The fraction of sp³-hybridized carbons (Fsp3) is 0.333. The Balaban J connectivity index is 0.00000192. The first kappa shape index (κ1) is 14.6. The van der Waals surface area contributed by atoms with Gasteiger partial charge in [0, 0.05) is 31.9 Å². The number of nitrogens with one attached hydrogen (secondary N) is 1. The summed E-state index contributed by atoms with van der Waals surface area (Å²) < 4.78 is 2.30. The molecule has 0 aromatic carbocycles. The molecule has 0 aliphatic rings. The van der Waals surface area contributed by atoms with Crippen LogP contribution in [0.3, 0.4) is 0 Å². The van der Waals surface area contributed by atoms with Gasteiger partial charge >= 0.3 is 0 Å². The summed E-state index contributed by atoms with van der Waals surface area (Å²) in [5.74, 6) is 0.895. The fourth-order valence-corrected chi connectivity index (χ4v) is 2.75. The van der Waals surface area contributed by atoms with Crippen LogP contribution in [-0.4, -0.2) is 14.5 Å². The molecule has 3 heterocycles. The molecule has 0 aliphatic heterocycles. The van der Waals surface area contributed by atoms with Gasteiger partial charge in [-0.2, -0.15) is 0 Å². The van der Waals surface area contributed by atoms with E-state index >= 15 is 0 Å². The van der Waals surface area contributed by atoms with Crippen LogP contribution in [0.5, 0.6) is 0 Å². The van der Waals surface area contributed by atoms with E-state index in [1.807, 2.05) is 25.4 Å². The molecule has 1 N–H and O–H groups in total. The van der Waals surface area contributed by atoms with E-state index in [1.165, 1.54) is 23.9 Å². The van der Waals surface area contributed by atoms with Crippen LogP contribution in [0.25, 0.3) is 10.9 Å². The number of nitrogens with zero attached hydrogens (tertiary/aromatic N) is 3. The van der Waals surface area contributed by atoms with Crippen molar-refractivity contribution < 1.29 is 1.43 Å². The molecule has 4 heteroatoms. The molecule has 0 aliphatic carbocycles. The Morgan fingerprint density at radius 2 is 1.95 bits per heavy atom. The maximum Gasteiger partial charge on any atom is 0.139 e. The van der Waals surface area contributed by atoms with E-state index in [2.05, 4.69) is 52.0 Å². The summed E-state index contributed by atoms with van der Waals surface area (Å²) in [5, 5.41) is 4.62. The monoisotopic (exact) mass is 296 g/mol. The molecule has 0 saturated heterocycles. The van der Waals surface area contributed by atoms with Crippen molar-refractivity contribution in [3.05, 3.63) is 48.0 Å². The van der Waals surface area contributed by atoms with Crippen LogP contribution >= 0.6 is 0 Å². The number of hydrogen-bond donors (Lipinski definition) is 1. The second-order valence-corrected chi connectivity index (χ2v) is 5.67. The van der Waals surface area contributed by atoms with E-state index in [0.717, 1.165) is 29.1 Å². The largest absolute Gasteiger partial charge is 0.347 e. The van der Waals surface area contributed by atoms with Crippen LogP contribution in [0.15, 0.2) is 36.8 Å². The smallest absolute Gasteiger partial charge is 0.139 e. The summed E-state index contributed by atoms with van der Waals surface area (Å²) in [6.45, 7) is 7.37. The topological polar surface area (TPSA) is 42.7 Å². The Morgan fingerprint density at radius 3 is 2.73 bits per heavy atom. The van der Waals surface area contributed by atoms with E-state index in [9.17, 15) is 0 Å². The summed E-state index contributed by atoms with van der Waals surface area (Å²) in [5.41, 5.74) is 4.44. The maximum absolute atomic E-state index is 4.53. The van der Waals surface area contributed by atoms with Crippen molar-refractivity contribution in [1.82, 2.24) is 14.5 Å². The molecule has 0 atom stereocenters. The van der Waals surface area contributed by atoms with Gasteiger partial charge < -0.3 is 9.88 Å². The molecule has 3 aromatic heterocycles. The van der Waals surface area contributed by atoms with Crippen molar-refractivity contribution in [3.8, 4) is 0 Å². The van der Waals surface area contributed by atoms with E-state index in [1.54, 1.807) is 0 Å². The molecular weight excluding hydrogens is 272 g/mol. The first-order chi connectivity index (χ1) is 10.7. The highest BCUT2D eigenvalue weighted by Gasteiger charge is 2.10. The standard InChI is InChI=1S/C18H22N4.H2/c1-4-5-11-22-12-8-15-16(22)7-10-20-18(15)21-17-13(2)6-9-19-14(17)3;/h6-10,12H,4-5,11H2,1-3H3,(H,20,21);1H. The summed E-state index contributed by atoms with van der Waals surface area (Å²) in [4.78, 5) is 8.89. The third-order valence-corrected chi connectivity index (χ3v) is 4.04. The lowest BCUT2D eigenvalue weighted by Gasteiger charge is -2.12. The zero-order valence-corrected chi connectivity index (χ0v) is 13.4. The van der Waals surface area contributed by atoms with Crippen LogP contribution in [0, 0.1) is 13.8 Å². The van der Waals surface area contributed by atoms with Crippen molar-refractivity contribution in [1.29, 1.82) is 0 Å². The third kappa shape index (κ3) is 2.69. The molecule has 116 valence electrons. The summed E-state index contributed by atoms with van der Waals surface area (Å²) in [6, 6.07) is 6.24. The number of anilines is 2. The van der Waals surface area contributed by atoms with Gasteiger partial charge in [0.15, 0.2) is 0 Å². The van der Waals surface area contributed by atoms with Gasteiger partial charge in [-0.15, -0.1) is 0 Å². The highest BCUT2D eigenvalue weighted by Crippen LogP contribution is 2.28. The van der Waals surface area contributed by atoms with E-state index in [-0.39, 0.29) is 1.43 Å². The number of rotatable bonds is 5. The quantitative estimate of drug-likeness (QED) is 0.732. The molecule has 22 heavy (non-hydrogen) atoms. The predicted molar refractivity (Wildman–Crippen MR) is 93.7 cm³/mol. The van der Waals surface area contributed by atoms with Gasteiger partial charge in [-0.3, -0.25) is 4.98 Å². The predicted octanol–water partition coefficient (Wildman–Crippen LogP) is 4.84. The van der Waals surface area contributed by atoms with Gasteiger partial charge in [0.2, 0.25) is 0 Å². The van der Waals surface area contributed by atoms with Gasteiger partial charge in [0.1, 0.15) is 5.82 Å². The first-order valence-corrected chi connectivity index (χ1v) is 7.83. The Kier molecular flexibility index (Phi) is 4.09. The lowest BCUT2D eigenvalue weighted by Crippen LogP contribution is -2.01. The van der Waals surface area contributed by atoms with Gasteiger partial charge in [0.05, 0.1) is 16.9 Å². The maximum atomic E-state index is 4.53. The Hall–Kier alpha value is -2.36. The van der Waals surface area contributed by atoms with Crippen molar-refractivity contribution in [2.24, 2.45) is 0 Å². The van der Waals surface area contributed by atoms with Gasteiger partial charge in [0.25, 0.3) is 0 Å². The van der Waals surface area contributed by atoms with Gasteiger partial charge in [-0.05, 0) is 44.0 Å². The van der Waals surface area contributed by atoms with Crippen molar-refractivity contribution in [3.63, 3.8) is 0 Å². The van der Waals surface area contributed by atoms with Crippen LogP contribution in [-0.2, 0) is 6.54 Å². The number of fused-ring (bicyclic) bond motifs is 1. The minimum Gasteiger partial charge on any atom is -0.347 e. The Labute approximate surface area is 132 Å². The molecule has 0 bridgehead atoms. The second-order valence-electron chi connectivity index (χ2n) is 5.67. The SMILES string of the molecule is CCCCn1ccc2c(Nc3c(C)ccnc3C)nccc21.[HH].